The minimum absolute atomic E-state index is 0.0950. The molecule has 1 N–H and O–H groups in total. The molecule has 3 rings (SSSR count). The van der Waals surface area contributed by atoms with Crippen LogP contribution in [0.15, 0.2) is 35.3 Å². The first-order valence-corrected chi connectivity index (χ1v) is 4.40. The average molecular weight is 188 g/mol. The van der Waals surface area contributed by atoms with Crippen molar-refractivity contribution in [1.82, 2.24) is 5.32 Å². The molecule has 1 saturated heterocycles. The molecule has 1 aromatic carbocycles. The van der Waals surface area contributed by atoms with E-state index in [9.17, 15) is 4.79 Å². The highest BCUT2D eigenvalue weighted by Crippen LogP contribution is 2.39. The maximum atomic E-state index is 11.5. The van der Waals surface area contributed by atoms with Gasteiger partial charge in [0.25, 0.3) is 5.91 Å². The Morgan fingerprint density at radius 2 is 2.14 bits per heavy atom. The molecule has 4 nitrogen and oxygen atoms in total. The summed E-state index contributed by atoms with van der Waals surface area (Å²) in [4.78, 5) is 15.7. The van der Waals surface area contributed by atoms with E-state index < -0.39 is 5.54 Å². The van der Waals surface area contributed by atoms with E-state index in [-0.39, 0.29) is 12.1 Å². The Balaban J connectivity index is 2.12. The van der Waals surface area contributed by atoms with Crippen molar-refractivity contribution in [3.05, 3.63) is 35.9 Å². The number of fused-ring (bicyclic) bond motifs is 1. The van der Waals surface area contributed by atoms with Crippen molar-refractivity contribution in [3.63, 3.8) is 0 Å². The van der Waals surface area contributed by atoms with Crippen molar-refractivity contribution in [2.24, 2.45) is 4.99 Å². The predicted molar refractivity (Wildman–Crippen MR) is 49.6 cm³/mol. The summed E-state index contributed by atoms with van der Waals surface area (Å²) in [5, 5.41) is 2.66. The van der Waals surface area contributed by atoms with Crippen LogP contribution in [0, 0.1) is 0 Å². The summed E-state index contributed by atoms with van der Waals surface area (Å²) in [6.45, 7) is 0. The quantitative estimate of drug-likeness (QED) is 0.648. The molecule has 0 aliphatic carbocycles. The SMILES string of the molecule is O=C1N[C@H]2OC=N[C@@]12c1ccccc1. The van der Waals surface area contributed by atoms with E-state index in [1.807, 2.05) is 30.3 Å². The molecule has 70 valence electrons. The van der Waals surface area contributed by atoms with E-state index in [0.29, 0.717) is 0 Å². The summed E-state index contributed by atoms with van der Waals surface area (Å²) in [5.74, 6) is -0.0950. The maximum absolute atomic E-state index is 11.5. The van der Waals surface area contributed by atoms with Crippen LogP contribution in [-0.4, -0.2) is 18.5 Å². The molecule has 1 fully saturated rings. The number of nitrogens with one attached hydrogen (secondary N) is 1. The van der Waals surface area contributed by atoms with Crippen molar-refractivity contribution in [3.8, 4) is 0 Å². The third-order valence-electron chi connectivity index (χ3n) is 2.65. The van der Waals surface area contributed by atoms with Crippen LogP contribution in [0.4, 0.5) is 0 Å². The lowest BCUT2D eigenvalue weighted by atomic mass is 9.82. The van der Waals surface area contributed by atoms with Gasteiger partial charge in [-0.3, -0.25) is 4.79 Å². The lowest BCUT2D eigenvalue weighted by molar-refractivity contribution is -0.145. The van der Waals surface area contributed by atoms with E-state index in [1.54, 1.807) is 0 Å². The van der Waals surface area contributed by atoms with E-state index in [4.69, 9.17) is 4.74 Å². The van der Waals surface area contributed by atoms with Gasteiger partial charge in [0, 0.05) is 0 Å². The fourth-order valence-corrected chi connectivity index (χ4v) is 1.86. The molecule has 2 heterocycles. The number of hydrogen-bond acceptors (Lipinski definition) is 3. The summed E-state index contributed by atoms with van der Waals surface area (Å²) in [6.07, 6.45) is 1.02. The van der Waals surface area contributed by atoms with Gasteiger partial charge in [-0.1, -0.05) is 30.3 Å². The van der Waals surface area contributed by atoms with Crippen LogP contribution in [0.2, 0.25) is 0 Å². The highest BCUT2D eigenvalue weighted by molar-refractivity contribution is 5.97. The van der Waals surface area contributed by atoms with Crippen molar-refractivity contribution >= 4 is 12.3 Å². The van der Waals surface area contributed by atoms with Crippen molar-refractivity contribution in [2.45, 2.75) is 11.8 Å². The Hall–Kier alpha value is -1.84. The lowest BCUT2D eigenvalue weighted by Gasteiger charge is -2.39. The molecule has 0 radical (unpaired) electrons. The van der Waals surface area contributed by atoms with Crippen LogP contribution >= 0.6 is 0 Å². The molecule has 0 saturated carbocycles. The maximum Gasteiger partial charge on any atom is 0.261 e. The number of β-lactam (4-membered cyclic amide) rings is 1. The summed E-state index contributed by atoms with van der Waals surface area (Å²) < 4.78 is 5.16. The summed E-state index contributed by atoms with van der Waals surface area (Å²) >= 11 is 0. The Labute approximate surface area is 80.6 Å². The van der Waals surface area contributed by atoms with Crippen LogP contribution in [0.5, 0.6) is 0 Å². The molecule has 14 heavy (non-hydrogen) atoms. The Morgan fingerprint density at radius 1 is 1.36 bits per heavy atom. The van der Waals surface area contributed by atoms with Gasteiger partial charge < -0.3 is 10.1 Å². The number of nitrogens with zero attached hydrogens (tertiary/aromatic N) is 1. The van der Waals surface area contributed by atoms with Gasteiger partial charge in [0.2, 0.25) is 11.8 Å². The highest BCUT2D eigenvalue weighted by atomic mass is 16.5. The van der Waals surface area contributed by atoms with Gasteiger partial charge in [0.1, 0.15) is 0 Å². The fourth-order valence-electron chi connectivity index (χ4n) is 1.86. The number of carbonyl (C=O) groups excluding carboxylic acids is 1. The van der Waals surface area contributed by atoms with Gasteiger partial charge in [-0.15, -0.1) is 0 Å². The van der Waals surface area contributed by atoms with Gasteiger partial charge >= 0.3 is 0 Å². The lowest BCUT2D eigenvalue weighted by Crippen LogP contribution is -2.67. The Kier molecular flexibility index (Phi) is 1.27. The molecule has 0 aromatic heterocycles. The van der Waals surface area contributed by atoms with Crippen LogP contribution in [0.3, 0.4) is 0 Å². The third kappa shape index (κ3) is 0.690. The topological polar surface area (TPSA) is 50.7 Å². The fraction of sp³-hybridized carbons (Fsp3) is 0.200. The summed E-state index contributed by atoms with van der Waals surface area (Å²) in [7, 11) is 0. The van der Waals surface area contributed by atoms with E-state index in [2.05, 4.69) is 10.3 Å². The molecule has 4 heteroatoms. The zero-order valence-electron chi connectivity index (χ0n) is 7.31. The van der Waals surface area contributed by atoms with Gasteiger partial charge in [-0.25, -0.2) is 4.99 Å². The van der Waals surface area contributed by atoms with Crippen molar-refractivity contribution in [2.75, 3.05) is 0 Å². The number of carbonyl (C=O) groups is 1. The normalized spacial score (nSPS) is 32.9. The summed E-state index contributed by atoms with van der Waals surface area (Å²) in [6, 6.07) is 9.46. The molecule has 1 aromatic rings. The third-order valence-corrected chi connectivity index (χ3v) is 2.65. The van der Waals surface area contributed by atoms with Crippen molar-refractivity contribution < 1.29 is 9.53 Å². The second-order valence-corrected chi connectivity index (χ2v) is 3.36. The molecule has 2 atom stereocenters. The molecule has 1 amide bonds. The number of rotatable bonds is 1. The van der Waals surface area contributed by atoms with Crippen LogP contribution < -0.4 is 5.32 Å². The number of ether oxygens (including phenoxy) is 1. The van der Waals surface area contributed by atoms with Crippen LogP contribution in [0.1, 0.15) is 5.56 Å². The minimum Gasteiger partial charge on any atom is -0.457 e. The second-order valence-electron chi connectivity index (χ2n) is 3.36. The molecule has 2 aliphatic heterocycles. The Morgan fingerprint density at radius 3 is 2.79 bits per heavy atom. The smallest absolute Gasteiger partial charge is 0.261 e. The van der Waals surface area contributed by atoms with Crippen LogP contribution in [-0.2, 0) is 15.1 Å². The van der Waals surface area contributed by atoms with Gasteiger partial charge in [0.15, 0.2) is 6.40 Å². The second kappa shape index (κ2) is 2.35. The monoisotopic (exact) mass is 188 g/mol. The Bertz CT molecular complexity index is 415. The van der Waals surface area contributed by atoms with Crippen LogP contribution in [0.25, 0.3) is 0 Å². The molecule has 2 aliphatic rings. The largest absolute Gasteiger partial charge is 0.457 e. The molecular formula is C10H8N2O2. The minimum atomic E-state index is -0.818. The molecule has 0 bridgehead atoms. The standard InChI is InChI=1S/C10H8N2O2/c13-8-10(7-4-2-1-3-5-7)9(12-8)14-6-11-10/h1-6,9H,(H,12,13)/t9-,10-/m0/s1. The zero-order valence-corrected chi connectivity index (χ0v) is 7.31. The van der Waals surface area contributed by atoms with Gasteiger partial charge in [0.05, 0.1) is 0 Å². The number of amides is 1. The van der Waals surface area contributed by atoms with Gasteiger partial charge in [-0.05, 0) is 5.56 Å². The first-order chi connectivity index (χ1) is 6.84. The first-order valence-electron chi connectivity index (χ1n) is 4.40. The molecule has 0 unspecified atom stereocenters. The van der Waals surface area contributed by atoms with Gasteiger partial charge in [-0.2, -0.15) is 0 Å². The molecular weight excluding hydrogens is 180 g/mol. The summed E-state index contributed by atoms with van der Waals surface area (Å²) in [5.41, 5.74) is 0.0591. The zero-order chi connectivity index (χ0) is 9.60. The first kappa shape index (κ1) is 7.55. The number of benzene rings is 1. The van der Waals surface area contributed by atoms with E-state index in [1.165, 1.54) is 6.40 Å². The van der Waals surface area contributed by atoms with Crippen molar-refractivity contribution in [1.29, 1.82) is 0 Å². The van der Waals surface area contributed by atoms with E-state index in [0.717, 1.165) is 5.56 Å². The number of hydrogen-bond donors (Lipinski definition) is 1. The predicted octanol–water partition coefficient (Wildman–Crippen LogP) is 0.396. The average Bonchev–Trinajstić information content (AvgIpc) is 2.57. The number of aliphatic imine (C=N–C) groups is 1. The molecule has 0 spiro atoms. The van der Waals surface area contributed by atoms with E-state index >= 15 is 0 Å². The highest BCUT2D eigenvalue weighted by Gasteiger charge is 2.60.